The molecule has 0 aromatic heterocycles. The summed E-state index contributed by atoms with van der Waals surface area (Å²) in [6.45, 7) is 3.78. The van der Waals surface area contributed by atoms with Crippen LogP contribution in [0.1, 0.15) is 18.9 Å². The van der Waals surface area contributed by atoms with Crippen LogP contribution in [0.2, 0.25) is 0 Å². The lowest BCUT2D eigenvalue weighted by Gasteiger charge is -2.08. The van der Waals surface area contributed by atoms with Gasteiger partial charge < -0.3 is 9.83 Å². The topological polar surface area (TPSA) is 49.3 Å². The molecule has 1 aromatic carbocycles. The normalized spacial score (nSPS) is 12.4. The van der Waals surface area contributed by atoms with E-state index in [0.717, 1.165) is 12.0 Å². The fourth-order valence-corrected chi connectivity index (χ4v) is 1.98. The summed E-state index contributed by atoms with van der Waals surface area (Å²) in [6, 6.07) is 5.35. The molecular weight excluding hydrogens is 198 g/mol. The van der Waals surface area contributed by atoms with Crippen molar-refractivity contribution in [2.45, 2.75) is 20.3 Å². The van der Waals surface area contributed by atoms with Crippen molar-refractivity contribution in [1.82, 2.24) is 0 Å². The quantitative estimate of drug-likeness (QED) is 0.753. The number of phenolic OH excluding ortho intramolecular Hbond substituents is 1. The molecule has 0 aliphatic rings. The third-order valence-electron chi connectivity index (χ3n) is 1.85. The van der Waals surface area contributed by atoms with E-state index in [1.807, 2.05) is 26.0 Å². The molecule has 1 rings (SSSR count). The van der Waals surface area contributed by atoms with Crippen LogP contribution in [0.25, 0.3) is 0 Å². The Hall–Kier alpha value is -1.03. The van der Waals surface area contributed by atoms with E-state index in [2.05, 4.69) is 4.72 Å². The van der Waals surface area contributed by atoms with Crippen molar-refractivity contribution in [2.75, 3.05) is 10.5 Å². The molecule has 0 aliphatic carbocycles. The number of para-hydroxylation sites is 1. The van der Waals surface area contributed by atoms with Crippen LogP contribution < -0.4 is 4.72 Å². The number of phenols is 1. The highest BCUT2D eigenvalue weighted by atomic mass is 32.2. The Kier molecular flexibility index (Phi) is 3.95. The molecule has 0 saturated carbocycles. The Morgan fingerprint density at radius 3 is 2.86 bits per heavy atom. The van der Waals surface area contributed by atoms with Gasteiger partial charge >= 0.3 is 0 Å². The minimum absolute atomic E-state index is 0.178. The van der Waals surface area contributed by atoms with Crippen molar-refractivity contribution in [2.24, 2.45) is 0 Å². The molecule has 0 bridgehead atoms. The first-order valence-electron chi connectivity index (χ1n) is 4.58. The Morgan fingerprint density at radius 2 is 2.21 bits per heavy atom. The second kappa shape index (κ2) is 5.00. The van der Waals surface area contributed by atoms with Gasteiger partial charge in [0.05, 0.1) is 5.69 Å². The van der Waals surface area contributed by atoms with Crippen LogP contribution in [0, 0.1) is 6.92 Å². The second-order valence-corrected chi connectivity index (χ2v) is 4.43. The third kappa shape index (κ3) is 2.73. The van der Waals surface area contributed by atoms with Gasteiger partial charge in [0, 0.05) is 5.75 Å². The summed E-state index contributed by atoms with van der Waals surface area (Å²) in [4.78, 5) is 0. The van der Waals surface area contributed by atoms with E-state index in [9.17, 15) is 9.32 Å². The van der Waals surface area contributed by atoms with Gasteiger partial charge in [-0.15, -0.1) is 0 Å². The number of aromatic hydroxyl groups is 1. The van der Waals surface area contributed by atoms with Crippen molar-refractivity contribution in [1.29, 1.82) is 0 Å². The van der Waals surface area contributed by atoms with Gasteiger partial charge in [0.2, 0.25) is 0 Å². The summed E-state index contributed by atoms with van der Waals surface area (Å²) in [5, 5.41) is 9.62. The Bertz CT molecular complexity index is 339. The van der Waals surface area contributed by atoms with E-state index in [-0.39, 0.29) is 5.75 Å². The lowest BCUT2D eigenvalue weighted by Crippen LogP contribution is -2.07. The molecular formula is C10H15NO2S. The number of benzene rings is 1. The van der Waals surface area contributed by atoms with Crippen molar-refractivity contribution < 1.29 is 9.32 Å². The van der Waals surface area contributed by atoms with Gasteiger partial charge in [0.25, 0.3) is 0 Å². The van der Waals surface area contributed by atoms with E-state index < -0.39 is 11.0 Å². The maximum Gasteiger partial charge on any atom is 0.142 e. The Morgan fingerprint density at radius 1 is 1.50 bits per heavy atom. The van der Waals surface area contributed by atoms with Gasteiger partial charge in [0.1, 0.15) is 16.7 Å². The molecule has 0 heterocycles. The molecule has 0 amide bonds. The lowest BCUT2D eigenvalue weighted by molar-refractivity contribution is 0.474. The highest BCUT2D eigenvalue weighted by Crippen LogP contribution is 2.26. The van der Waals surface area contributed by atoms with Crippen LogP contribution in [-0.2, 0) is 11.0 Å². The first kappa shape index (κ1) is 11.0. The van der Waals surface area contributed by atoms with Crippen molar-refractivity contribution >= 4 is 16.7 Å². The maximum absolute atomic E-state index is 11.4. The molecule has 14 heavy (non-hydrogen) atoms. The minimum Gasteiger partial charge on any atom is -0.505 e. The molecule has 1 aromatic rings. The third-order valence-corrected chi connectivity index (χ3v) is 3.08. The van der Waals surface area contributed by atoms with Crippen LogP contribution in [0.15, 0.2) is 18.2 Å². The molecule has 0 fully saturated rings. The number of hydrogen-bond donors (Lipinski definition) is 2. The molecule has 0 spiro atoms. The first-order chi connectivity index (χ1) is 6.65. The Balaban J connectivity index is 2.76. The molecule has 1 unspecified atom stereocenters. The van der Waals surface area contributed by atoms with Crippen molar-refractivity contribution in [3.05, 3.63) is 23.8 Å². The smallest absolute Gasteiger partial charge is 0.142 e. The van der Waals surface area contributed by atoms with Crippen LogP contribution >= 0.6 is 0 Å². The number of hydrogen-bond acceptors (Lipinski definition) is 2. The predicted octanol–water partition coefficient (Wildman–Crippen LogP) is 2.19. The van der Waals surface area contributed by atoms with E-state index in [1.54, 1.807) is 6.07 Å². The van der Waals surface area contributed by atoms with Crippen molar-refractivity contribution in [3.8, 4) is 5.75 Å². The molecule has 1 atom stereocenters. The summed E-state index contributed by atoms with van der Waals surface area (Å²) >= 11 is 0. The average molecular weight is 213 g/mol. The highest BCUT2D eigenvalue weighted by Gasteiger charge is 2.05. The summed E-state index contributed by atoms with van der Waals surface area (Å²) in [6.07, 6.45) is 0.853. The largest absolute Gasteiger partial charge is 0.505 e. The lowest BCUT2D eigenvalue weighted by atomic mass is 10.2. The SMILES string of the molecule is CCCS(=O)Nc1cccc(C)c1O. The molecule has 2 N–H and O–H groups in total. The zero-order valence-electron chi connectivity index (χ0n) is 8.41. The van der Waals surface area contributed by atoms with Crippen LogP contribution in [0.3, 0.4) is 0 Å². The van der Waals surface area contributed by atoms with Gasteiger partial charge in [-0.3, -0.25) is 0 Å². The van der Waals surface area contributed by atoms with Crippen molar-refractivity contribution in [3.63, 3.8) is 0 Å². The summed E-state index contributed by atoms with van der Waals surface area (Å²) in [5.41, 5.74) is 1.32. The Labute approximate surface area is 86.7 Å². The van der Waals surface area contributed by atoms with E-state index >= 15 is 0 Å². The van der Waals surface area contributed by atoms with E-state index in [1.165, 1.54) is 0 Å². The zero-order valence-corrected chi connectivity index (χ0v) is 9.23. The highest BCUT2D eigenvalue weighted by molar-refractivity contribution is 7.86. The fourth-order valence-electron chi connectivity index (χ4n) is 1.10. The molecule has 3 nitrogen and oxygen atoms in total. The number of nitrogens with one attached hydrogen (secondary N) is 1. The minimum atomic E-state index is -1.10. The fraction of sp³-hybridized carbons (Fsp3) is 0.400. The first-order valence-corrected chi connectivity index (χ1v) is 5.90. The average Bonchev–Trinajstić information content (AvgIpc) is 2.13. The van der Waals surface area contributed by atoms with Crippen LogP contribution in [0.4, 0.5) is 5.69 Å². The van der Waals surface area contributed by atoms with Crippen LogP contribution in [-0.4, -0.2) is 15.1 Å². The van der Waals surface area contributed by atoms with Gasteiger partial charge in [-0.2, -0.15) is 0 Å². The van der Waals surface area contributed by atoms with Gasteiger partial charge in [-0.05, 0) is 25.0 Å². The number of anilines is 1. The monoisotopic (exact) mass is 213 g/mol. The summed E-state index contributed by atoms with van der Waals surface area (Å²) in [5.74, 6) is 0.768. The number of aryl methyl sites for hydroxylation is 1. The zero-order chi connectivity index (χ0) is 10.6. The van der Waals surface area contributed by atoms with E-state index in [4.69, 9.17) is 0 Å². The standard InChI is InChI=1S/C10H15NO2S/c1-3-7-14(13)11-9-6-4-5-8(2)10(9)12/h4-6,11-12H,3,7H2,1-2H3. The molecule has 0 aliphatic heterocycles. The van der Waals surface area contributed by atoms with Gasteiger partial charge in [-0.1, -0.05) is 19.1 Å². The summed E-state index contributed by atoms with van der Waals surface area (Å²) in [7, 11) is -1.10. The predicted molar refractivity (Wildman–Crippen MR) is 59.8 cm³/mol. The van der Waals surface area contributed by atoms with E-state index in [0.29, 0.717) is 11.4 Å². The number of rotatable bonds is 4. The van der Waals surface area contributed by atoms with Gasteiger partial charge in [0.15, 0.2) is 0 Å². The second-order valence-electron chi connectivity index (χ2n) is 3.12. The molecule has 78 valence electrons. The maximum atomic E-state index is 11.4. The summed E-state index contributed by atoms with van der Waals surface area (Å²) < 4.78 is 14.1. The molecule has 0 radical (unpaired) electrons. The van der Waals surface area contributed by atoms with Crippen LogP contribution in [0.5, 0.6) is 5.75 Å². The molecule has 0 saturated heterocycles. The van der Waals surface area contributed by atoms with Gasteiger partial charge in [-0.25, -0.2) is 4.21 Å². The molecule has 4 heteroatoms.